The summed E-state index contributed by atoms with van der Waals surface area (Å²) in [6.07, 6.45) is 5.65. The highest BCUT2D eigenvalue weighted by atomic mass is 15.2. The van der Waals surface area contributed by atoms with Crippen molar-refractivity contribution in [2.24, 2.45) is 0 Å². The first-order chi connectivity index (χ1) is 6.27. The van der Waals surface area contributed by atoms with Crippen molar-refractivity contribution in [2.75, 3.05) is 13.1 Å². The van der Waals surface area contributed by atoms with Crippen molar-refractivity contribution in [3.8, 4) is 0 Å². The summed E-state index contributed by atoms with van der Waals surface area (Å²) in [5.74, 6) is 0. The van der Waals surface area contributed by atoms with Crippen LogP contribution in [0.3, 0.4) is 0 Å². The lowest BCUT2D eigenvalue weighted by molar-refractivity contribution is 0.178. The van der Waals surface area contributed by atoms with E-state index in [9.17, 15) is 0 Å². The Hall–Kier alpha value is -0.0800. The van der Waals surface area contributed by atoms with Crippen molar-refractivity contribution in [3.05, 3.63) is 0 Å². The molecule has 2 atom stereocenters. The third kappa shape index (κ3) is 2.05. The van der Waals surface area contributed by atoms with Crippen molar-refractivity contribution in [1.29, 1.82) is 0 Å². The van der Waals surface area contributed by atoms with Gasteiger partial charge >= 0.3 is 0 Å². The Morgan fingerprint density at radius 3 is 2.77 bits per heavy atom. The molecule has 0 bridgehead atoms. The van der Waals surface area contributed by atoms with Gasteiger partial charge in [-0.05, 0) is 25.8 Å². The van der Waals surface area contributed by atoms with E-state index < -0.39 is 0 Å². The zero-order chi connectivity index (χ0) is 9.26. The van der Waals surface area contributed by atoms with E-state index in [2.05, 4.69) is 24.1 Å². The van der Waals surface area contributed by atoms with Gasteiger partial charge in [0.15, 0.2) is 0 Å². The standard InChI is InChI=1S/C11H22N2/c1-9(2)12-10-6-8-13-7-4-3-5-11(10)13/h9-12H,3-8H2,1-2H3. The molecule has 2 saturated heterocycles. The molecule has 0 aromatic carbocycles. The molecule has 2 aliphatic rings. The molecule has 2 rings (SSSR count). The number of fused-ring (bicyclic) bond motifs is 1. The van der Waals surface area contributed by atoms with Crippen LogP contribution in [-0.4, -0.2) is 36.1 Å². The van der Waals surface area contributed by atoms with Gasteiger partial charge < -0.3 is 5.32 Å². The number of piperidine rings is 1. The van der Waals surface area contributed by atoms with Crippen molar-refractivity contribution in [3.63, 3.8) is 0 Å². The fourth-order valence-electron chi connectivity index (χ4n) is 2.87. The first kappa shape index (κ1) is 9.47. The Bertz CT molecular complexity index is 167. The second-order valence-electron chi connectivity index (χ2n) is 4.82. The summed E-state index contributed by atoms with van der Waals surface area (Å²) in [6.45, 7) is 7.19. The molecule has 0 aromatic heterocycles. The molecule has 2 nitrogen and oxygen atoms in total. The minimum atomic E-state index is 0.645. The molecule has 0 radical (unpaired) electrons. The summed E-state index contributed by atoms with van der Waals surface area (Å²) in [4.78, 5) is 2.68. The summed E-state index contributed by atoms with van der Waals surface area (Å²) < 4.78 is 0. The van der Waals surface area contributed by atoms with Crippen molar-refractivity contribution in [2.45, 2.75) is 57.7 Å². The highest BCUT2D eigenvalue weighted by Gasteiger charge is 2.35. The van der Waals surface area contributed by atoms with Crippen LogP contribution in [-0.2, 0) is 0 Å². The number of hydrogen-bond acceptors (Lipinski definition) is 2. The van der Waals surface area contributed by atoms with Gasteiger partial charge in [0.05, 0.1) is 0 Å². The topological polar surface area (TPSA) is 15.3 Å². The maximum atomic E-state index is 3.70. The van der Waals surface area contributed by atoms with E-state index in [1.165, 1.54) is 38.8 Å². The van der Waals surface area contributed by atoms with E-state index in [0.717, 1.165) is 12.1 Å². The molecule has 2 fully saturated rings. The van der Waals surface area contributed by atoms with E-state index >= 15 is 0 Å². The maximum Gasteiger partial charge on any atom is 0.0249 e. The first-order valence-corrected chi connectivity index (χ1v) is 5.77. The normalized spacial score (nSPS) is 35.3. The number of rotatable bonds is 2. The molecular formula is C11H22N2. The molecule has 1 N–H and O–H groups in total. The van der Waals surface area contributed by atoms with Gasteiger partial charge in [-0.2, -0.15) is 0 Å². The molecule has 2 heterocycles. The molecule has 0 aromatic rings. The third-order valence-corrected chi connectivity index (χ3v) is 3.40. The molecular weight excluding hydrogens is 160 g/mol. The van der Waals surface area contributed by atoms with Gasteiger partial charge in [-0.15, -0.1) is 0 Å². The fourth-order valence-corrected chi connectivity index (χ4v) is 2.87. The third-order valence-electron chi connectivity index (χ3n) is 3.40. The van der Waals surface area contributed by atoms with Gasteiger partial charge in [0.25, 0.3) is 0 Å². The van der Waals surface area contributed by atoms with Crippen LogP contribution in [0.25, 0.3) is 0 Å². The van der Waals surface area contributed by atoms with E-state index in [4.69, 9.17) is 0 Å². The highest BCUT2D eigenvalue weighted by molar-refractivity contribution is 4.94. The van der Waals surface area contributed by atoms with Crippen molar-refractivity contribution >= 4 is 0 Å². The number of nitrogens with zero attached hydrogens (tertiary/aromatic N) is 1. The number of nitrogens with one attached hydrogen (secondary N) is 1. The highest BCUT2D eigenvalue weighted by Crippen LogP contribution is 2.27. The van der Waals surface area contributed by atoms with E-state index in [0.29, 0.717) is 6.04 Å². The molecule has 2 aliphatic heterocycles. The molecule has 0 saturated carbocycles. The average molecular weight is 182 g/mol. The van der Waals surface area contributed by atoms with Gasteiger partial charge in [0, 0.05) is 24.7 Å². The fraction of sp³-hybridized carbons (Fsp3) is 1.00. The summed E-state index contributed by atoms with van der Waals surface area (Å²) in [6, 6.07) is 2.28. The Balaban J connectivity index is 1.91. The van der Waals surface area contributed by atoms with Gasteiger partial charge in [0.1, 0.15) is 0 Å². The van der Waals surface area contributed by atoms with Crippen LogP contribution in [0.5, 0.6) is 0 Å². The Morgan fingerprint density at radius 1 is 1.15 bits per heavy atom. The zero-order valence-electron chi connectivity index (χ0n) is 8.92. The molecule has 0 spiro atoms. The van der Waals surface area contributed by atoms with Crippen LogP contribution in [0, 0.1) is 0 Å². The summed E-state index contributed by atoms with van der Waals surface area (Å²) in [7, 11) is 0. The van der Waals surface area contributed by atoms with Crippen molar-refractivity contribution in [1.82, 2.24) is 10.2 Å². The summed E-state index contributed by atoms with van der Waals surface area (Å²) in [5, 5.41) is 3.70. The van der Waals surface area contributed by atoms with Crippen LogP contribution < -0.4 is 5.32 Å². The second kappa shape index (κ2) is 3.97. The van der Waals surface area contributed by atoms with Gasteiger partial charge in [-0.25, -0.2) is 0 Å². The number of hydrogen-bond donors (Lipinski definition) is 1. The molecule has 2 unspecified atom stereocenters. The molecule has 2 heteroatoms. The molecule has 76 valence electrons. The Kier molecular flexibility index (Phi) is 2.89. The van der Waals surface area contributed by atoms with Crippen LogP contribution >= 0.6 is 0 Å². The van der Waals surface area contributed by atoms with Crippen LogP contribution in [0.2, 0.25) is 0 Å². The second-order valence-corrected chi connectivity index (χ2v) is 4.82. The molecule has 0 aliphatic carbocycles. The Morgan fingerprint density at radius 2 is 2.00 bits per heavy atom. The minimum absolute atomic E-state index is 0.645. The molecule has 0 amide bonds. The lowest BCUT2D eigenvalue weighted by atomic mass is 9.98. The smallest absolute Gasteiger partial charge is 0.0249 e. The Labute approximate surface area is 81.7 Å². The van der Waals surface area contributed by atoms with Gasteiger partial charge in [-0.1, -0.05) is 20.3 Å². The average Bonchev–Trinajstić information content (AvgIpc) is 2.48. The van der Waals surface area contributed by atoms with E-state index in [1.807, 2.05) is 0 Å². The zero-order valence-corrected chi connectivity index (χ0v) is 8.92. The predicted molar refractivity (Wildman–Crippen MR) is 55.9 cm³/mol. The van der Waals surface area contributed by atoms with Crippen LogP contribution in [0.4, 0.5) is 0 Å². The largest absolute Gasteiger partial charge is 0.310 e. The molecule has 13 heavy (non-hydrogen) atoms. The van der Waals surface area contributed by atoms with Gasteiger partial charge in [0.2, 0.25) is 0 Å². The van der Waals surface area contributed by atoms with Crippen molar-refractivity contribution < 1.29 is 0 Å². The van der Waals surface area contributed by atoms with Crippen LogP contribution in [0.1, 0.15) is 39.5 Å². The summed E-state index contributed by atoms with van der Waals surface area (Å²) >= 11 is 0. The lowest BCUT2D eigenvalue weighted by Gasteiger charge is -2.33. The lowest BCUT2D eigenvalue weighted by Crippen LogP contribution is -2.46. The SMILES string of the molecule is CC(C)NC1CCN2CCCCC12. The van der Waals surface area contributed by atoms with Crippen LogP contribution in [0.15, 0.2) is 0 Å². The monoisotopic (exact) mass is 182 g/mol. The minimum Gasteiger partial charge on any atom is -0.310 e. The first-order valence-electron chi connectivity index (χ1n) is 5.77. The maximum absolute atomic E-state index is 3.70. The quantitative estimate of drug-likeness (QED) is 0.698. The van der Waals surface area contributed by atoms with E-state index in [1.54, 1.807) is 0 Å². The summed E-state index contributed by atoms with van der Waals surface area (Å²) in [5.41, 5.74) is 0. The predicted octanol–water partition coefficient (Wildman–Crippen LogP) is 1.61. The van der Waals surface area contributed by atoms with Gasteiger partial charge in [-0.3, -0.25) is 4.90 Å². The van der Waals surface area contributed by atoms with E-state index in [-0.39, 0.29) is 0 Å².